The lowest BCUT2D eigenvalue weighted by Crippen LogP contribution is -2.41. The van der Waals surface area contributed by atoms with Gasteiger partial charge in [-0.15, -0.1) is 11.3 Å². The van der Waals surface area contributed by atoms with E-state index in [2.05, 4.69) is 35.6 Å². The van der Waals surface area contributed by atoms with Gasteiger partial charge in [-0.05, 0) is 26.3 Å². The average Bonchev–Trinajstić information content (AvgIpc) is 2.65. The third-order valence-corrected chi connectivity index (χ3v) is 4.60. The molecule has 1 fully saturated rings. The lowest BCUT2D eigenvalue weighted by molar-refractivity contribution is 0.0530. The molecule has 2 aromatic rings. The van der Waals surface area contributed by atoms with Crippen LogP contribution in [0.5, 0.6) is 0 Å². The SMILES string of the molecule is Cc1sc2ncnc(N3CCO[C@H](C)C3)c2c1C. The van der Waals surface area contributed by atoms with E-state index in [0.717, 1.165) is 30.3 Å². The molecule has 0 N–H and O–H groups in total. The van der Waals surface area contributed by atoms with Crippen molar-refractivity contribution >= 4 is 27.4 Å². The lowest BCUT2D eigenvalue weighted by atomic mass is 10.2. The summed E-state index contributed by atoms with van der Waals surface area (Å²) in [5, 5.41) is 1.22. The van der Waals surface area contributed by atoms with E-state index in [1.54, 1.807) is 17.7 Å². The molecule has 0 bridgehead atoms. The van der Waals surface area contributed by atoms with Crippen molar-refractivity contribution in [1.29, 1.82) is 0 Å². The smallest absolute Gasteiger partial charge is 0.141 e. The van der Waals surface area contributed by atoms with E-state index < -0.39 is 0 Å². The van der Waals surface area contributed by atoms with Crippen LogP contribution in [-0.4, -0.2) is 35.8 Å². The van der Waals surface area contributed by atoms with Gasteiger partial charge in [0.15, 0.2) is 0 Å². The molecule has 1 atom stereocenters. The standard InChI is InChI=1S/C13H17N3OS/c1-8-6-16(4-5-17-8)12-11-9(2)10(3)18-13(11)15-7-14-12/h7-8H,4-6H2,1-3H3/t8-/m1/s1. The first-order valence-corrected chi connectivity index (χ1v) is 7.05. The number of morpholine rings is 1. The summed E-state index contributed by atoms with van der Waals surface area (Å²) in [6.45, 7) is 8.99. The van der Waals surface area contributed by atoms with Crippen LogP contribution in [0.25, 0.3) is 10.2 Å². The van der Waals surface area contributed by atoms with Crippen molar-refractivity contribution in [1.82, 2.24) is 9.97 Å². The summed E-state index contributed by atoms with van der Waals surface area (Å²) in [5.74, 6) is 1.07. The average molecular weight is 263 g/mol. The van der Waals surface area contributed by atoms with E-state index in [1.807, 2.05) is 0 Å². The monoisotopic (exact) mass is 263 g/mol. The molecule has 0 unspecified atom stereocenters. The van der Waals surface area contributed by atoms with Crippen molar-refractivity contribution in [3.63, 3.8) is 0 Å². The Morgan fingerprint density at radius 3 is 3.00 bits per heavy atom. The van der Waals surface area contributed by atoms with E-state index in [9.17, 15) is 0 Å². The van der Waals surface area contributed by atoms with Gasteiger partial charge in [-0.3, -0.25) is 0 Å². The van der Waals surface area contributed by atoms with E-state index in [0.29, 0.717) is 0 Å². The van der Waals surface area contributed by atoms with Gasteiger partial charge in [-0.2, -0.15) is 0 Å². The maximum Gasteiger partial charge on any atom is 0.141 e. The quantitative estimate of drug-likeness (QED) is 0.792. The molecule has 5 heteroatoms. The van der Waals surface area contributed by atoms with Gasteiger partial charge < -0.3 is 9.64 Å². The molecule has 96 valence electrons. The van der Waals surface area contributed by atoms with E-state index in [-0.39, 0.29) is 6.10 Å². The molecule has 0 amide bonds. The fourth-order valence-corrected chi connectivity index (χ4v) is 3.41. The summed E-state index contributed by atoms with van der Waals surface area (Å²) in [7, 11) is 0. The van der Waals surface area contributed by atoms with Crippen molar-refractivity contribution < 1.29 is 4.74 Å². The summed E-state index contributed by atoms with van der Waals surface area (Å²) in [5.41, 5.74) is 1.31. The van der Waals surface area contributed by atoms with E-state index in [4.69, 9.17) is 4.74 Å². The second kappa shape index (κ2) is 4.48. The molecule has 0 radical (unpaired) electrons. The third-order valence-electron chi connectivity index (χ3n) is 3.49. The molecule has 3 rings (SSSR count). The number of fused-ring (bicyclic) bond motifs is 1. The Kier molecular flexibility index (Phi) is 2.95. The van der Waals surface area contributed by atoms with Crippen molar-refractivity contribution in [2.75, 3.05) is 24.6 Å². The number of aryl methyl sites for hydroxylation is 2. The van der Waals surface area contributed by atoms with Crippen LogP contribution in [0.1, 0.15) is 17.4 Å². The zero-order valence-corrected chi connectivity index (χ0v) is 11.8. The number of rotatable bonds is 1. The molecule has 2 aromatic heterocycles. The van der Waals surface area contributed by atoms with Gasteiger partial charge in [0.2, 0.25) is 0 Å². The molecular formula is C13H17N3OS. The second-order valence-corrected chi connectivity index (χ2v) is 5.99. The highest BCUT2D eigenvalue weighted by Gasteiger charge is 2.22. The van der Waals surface area contributed by atoms with Crippen LogP contribution in [0, 0.1) is 13.8 Å². The molecule has 0 aliphatic carbocycles. The van der Waals surface area contributed by atoms with Crippen molar-refractivity contribution in [3.05, 3.63) is 16.8 Å². The highest BCUT2D eigenvalue weighted by Crippen LogP contribution is 2.34. The Morgan fingerprint density at radius 2 is 2.22 bits per heavy atom. The summed E-state index contributed by atoms with van der Waals surface area (Å²) < 4.78 is 5.59. The highest BCUT2D eigenvalue weighted by atomic mass is 32.1. The number of anilines is 1. The summed E-state index contributed by atoms with van der Waals surface area (Å²) >= 11 is 1.75. The predicted octanol–water partition coefficient (Wildman–Crippen LogP) is 2.53. The van der Waals surface area contributed by atoms with Crippen LogP contribution in [-0.2, 0) is 4.74 Å². The van der Waals surface area contributed by atoms with Crippen LogP contribution >= 0.6 is 11.3 Å². The second-order valence-electron chi connectivity index (χ2n) is 4.79. The first-order chi connectivity index (χ1) is 8.66. The molecule has 0 spiro atoms. The predicted molar refractivity (Wildman–Crippen MR) is 74.5 cm³/mol. The molecule has 1 aliphatic rings. The van der Waals surface area contributed by atoms with Crippen LogP contribution in [0.4, 0.5) is 5.82 Å². The number of hydrogen-bond acceptors (Lipinski definition) is 5. The van der Waals surface area contributed by atoms with Crippen molar-refractivity contribution in [2.24, 2.45) is 0 Å². The van der Waals surface area contributed by atoms with E-state index >= 15 is 0 Å². The minimum absolute atomic E-state index is 0.267. The molecule has 3 heterocycles. The Labute approximate surface area is 111 Å². The maximum absolute atomic E-state index is 5.59. The summed E-state index contributed by atoms with van der Waals surface area (Å²) in [6.07, 6.45) is 1.94. The molecular weight excluding hydrogens is 246 g/mol. The molecule has 1 saturated heterocycles. The first kappa shape index (κ1) is 11.9. The van der Waals surface area contributed by atoms with Gasteiger partial charge in [0, 0.05) is 18.0 Å². The van der Waals surface area contributed by atoms with Gasteiger partial charge in [-0.25, -0.2) is 9.97 Å². The fourth-order valence-electron chi connectivity index (χ4n) is 2.41. The van der Waals surface area contributed by atoms with Crippen molar-refractivity contribution in [3.8, 4) is 0 Å². The Balaban J connectivity index is 2.10. The van der Waals surface area contributed by atoms with E-state index in [1.165, 1.54) is 15.8 Å². The van der Waals surface area contributed by atoms with Crippen LogP contribution in [0.2, 0.25) is 0 Å². The van der Waals surface area contributed by atoms with Gasteiger partial charge >= 0.3 is 0 Å². The van der Waals surface area contributed by atoms with Gasteiger partial charge in [0.05, 0.1) is 18.1 Å². The topological polar surface area (TPSA) is 38.2 Å². The third kappa shape index (κ3) is 1.87. The minimum Gasteiger partial charge on any atom is -0.375 e. The van der Waals surface area contributed by atoms with Gasteiger partial charge in [0.25, 0.3) is 0 Å². The number of ether oxygens (including phenoxy) is 1. The maximum atomic E-state index is 5.59. The fraction of sp³-hybridized carbons (Fsp3) is 0.538. The van der Waals surface area contributed by atoms with Crippen molar-refractivity contribution in [2.45, 2.75) is 26.9 Å². The number of aromatic nitrogens is 2. The molecule has 0 aromatic carbocycles. The normalized spacial score (nSPS) is 20.6. The minimum atomic E-state index is 0.267. The van der Waals surface area contributed by atoms with Crippen LogP contribution < -0.4 is 4.90 Å². The van der Waals surface area contributed by atoms with Gasteiger partial charge in [-0.1, -0.05) is 0 Å². The molecule has 1 aliphatic heterocycles. The number of hydrogen-bond donors (Lipinski definition) is 0. The van der Waals surface area contributed by atoms with Gasteiger partial charge in [0.1, 0.15) is 17.0 Å². The highest BCUT2D eigenvalue weighted by molar-refractivity contribution is 7.18. The molecule has 0 saturated carbocycles. The first-order valence-electron chi connectivity index (χ1n) is 6.24. The largest absolute Gasteiger partial charge is 0.375 e. The lowest BCUT2D eigenvalue weighted by Gasteiger charge is -2.32. The molecule has 18 heavy (non-hydrogen) atoms. The number of thiophene rings is 1. The Bertz CT molecular complexity index is 581. The zero-order chi connectivity index (χ0) is 12.7. The molecule has 4 nitrogen and oxygen atoms in total. The van der Waals surface area contributed by atoms with Crippen LogP contribution in [0.3, 0.4) is 0 Å². The van der Waals surface area contributed by atoms with Crippen LogP contribution in [0.15, 0.2) is 6.33 Å². The Hall–Kier alpha value is -1.20. The zero-order valence-electron chi connectivity index (χ0n) is 10.9. The summed E-state index contributed by atoms with van der Waals surface area (Å²) in [4.78, 5) is 13.6. The summed E-state index contributed by atoms with van der Waals surface area (Å²) in [6, 6.07) is 0. The Morgan fingerprint density at radius 1 is 1.39 bits per heavy atom. The number of nitrogens with zero attached hydrogens (tertiary/aromatic N) is 3.